The average molecular weight is 312 g/mol. The molecule has 0 atom stereocenters. The van der Waals surface area contributed by atoms with Gasteiger partial charge in [-0.05, 0) is 36.6 Å². The Balaban J connectivity index is 1.88. The lowest BCUT2D eigenvalue weighted by Crippen LogP contribution is -2.17. The van der Waals surface area contributed by atoms with Crippen molar-refractivity contribution in [1.82, 2.24) is 0 Å². The van der Waals surface area contributed by atoms with Crippen molar-refractivity contribution in [2.75, 3.05) is 24.3 Å². The standard InChI is InChI=1S/C19H24N2O2/c1-4-15-8-5-7-14(2)19(15)21-18(22)11-12-20-16-9-6-10-17(13-16)23-3/h5-10,13,20H,4,11-12H2,1-3H3,(H,21,22). The Morgan fingerprint density at radius 3 is 2.70 bits per heavy atom. The summed E-state index contributed by atoms with van der Waals surface area (Å²) in [5.74, 6) is 0.816. The number of rotatable bonds is 7. The summed E-state index contributed by atoms with van der Waals surface area (Å²) in [6, 6.07) is 13.8. The number of benzene rings is 2. The summed E-state index contributed by atoms with van der Waals surface area (Å²) >= 11 is 0. The SMILES string of the molecule is CCc1cccc(C)c1NC(=O)CCNc1cccc(OC)c1. The van der Waals surface area contributed by atoms with Crippen LogP contribution in [0.25, 0.3) is 0 Å². The summed E-state index contributed by atoms with van der Waals surface area (Å²) in [7, 11) is 1.64. The van der Waals surface area contributed by atoms with Crippen molar-refractivity contribution >= 4 is 17.3 Å². The molecule has 0 aliphatic rings. The van der Waals surface area contributed by atoms with Crippen LogP contribution < -0.4 is 15.4 Å². The summed E-state index contributed by atoms with van der Waals surface area (Å²) in [6.45, 7) is 4.68. The first-order valence-corrected chi connectivity index (χ1v) is 7.90. The van der Waals surface area contributed by atoms with Crippen molar-refractivity contribution in [2.24, 2.45) is 0 Å². The molecule has 4 heteroatoms. The van der Waals surface area contributed by atoms with E-state index in [-0.39, 0.29) is 5.91 Å². The highest BCUT2D eigenvalue weighted by atomic mass is 16.5. The Kier molecular flexibility index (Phi) is 6.03. The second kappa shape index (κ2) is 8.22. The molecule has 0 saturated heterocycles. The number of methoxy groups -OCH3 is 1. The second-order valence-corrected chi connectivity index (χ2v) is 5.42. The number of carbonyl (C=O) groups is 1. The van der Waals surface area contributed by atoms with Gasteiger partial charge in [-0.2, -0.15) is 0 Å². The molecule has 2 N–H and O–H groups in total. The molecular formula is C19H24N2O2. The molecule has 0 aromatic heterocycles. The van der Waals surface area contributed by atoms with E-state index in [2.05, 4.69) is 23.6 Å². The summed E-state index contributed by atoms with van der Waals surface area (Å²) in [5, 5.41) is 6.27. The van der Waals surface area contributed by atoms with E-state index in [9.17, 15) is 4.79 Å². The molecule has 4 nitrogen and oxygen atoms in total. The minimum absolute atomic E-state index is 0.0180. The largest absolute Gasteiger partial charge is 0.497 e. The first-order valence-electron chi connectivity index (χ1n) is 7.90. The predicted octanol–water partition coefficient (Wildman–Crippen LogP) is 4.01. The zero-order valence-corrected chi connectivity index (χ0v) is 14.0. The van der Waals surface area contributed by atoms with Crippen LogP contribution in [-0.2, 0) is 11.2 Å². The number of para-hydroxylation sites is 1. The van der Waals surface area contributed by atoms with Crippen LogP contribution in [0, 0.1) is 6.92 Å². The zero-order chi connectivity index (χ0) is 16.7. The molecule has 0 aliphatic heterocycles. The highest BCUT2D eigenvalue weighted by Gasteiger charge is 2.08. The van der Waals surface area contributed by atoms with Crippen molar-refractivity contribution in [3.05, 3.63) is 53.6 Å². The molecule has 1 amide bonds. The first-order chi connectivity index (χ1) is 11.1. The van der Waals surface area contributed by atoms with E-state index in [0.29, 0.717) is 13.0 Å². The monoisotopic (exact) mass is 312 g/mol. The number of ether oxygens (including phenoxy) is 1. The van der Waals surface area contributed by atoms with Crippen molar-refractivity contribution in [3.63, 3.8) is 0 Å². The van der Waals surface area contributed by atoms with Gasteiger partial charge in [-0.25, -0.2) is 0 Å². The third kappa shape index (κ3) is 4.74. The second-order valence-electron chi connectivity index (χ2n) is 5.42. The van der Waals surface area contributed by atoms with Crippen molar-refractivity contribution < 1.29 is 9.53 Å². The van der Waals surface area contributed by atoms with E-state index < -0.39 is 0 Å². The highest BCUT2D eigenvalue weighted by Crippen LogP contribution is 2.21. The maximum Gasteiger partial charge on any atom is 0.226 e. The fourth-order valence-electron chi connectivity index (χ4n) is 2.46. The van der Waals surface area contributed by atoms with Crippen molar-refractivity contribution in [2.45, 2.75) is 26.7 Å². The molecule has 122 valence electrons. The van der Waals surface area contributed by atoms with E-state index in [0.717, 1.165) is 29.1 Å². The van der Waals surface area contributed by atoms with Crippen LogP contribution in [0.1, 0.15) is 24.5 Å². The Morgan fingerprint density at radius 2 is 1.96 bits per heavy atom. The molecule has 0 heterocycles. The normalized spacial score (nSPS) is 10.2. The smallest absolute Gasteiger partial charge is 0.226 e. The van der Waals surface area contributed by atoms with Crippen LogP contribution in [0.3, 0.4) is 0 Å². The molecule has 0 spiro atoms. The third-order valence-corrected chi connectivity index (χ3v) is 3.76. The topological polar surface area (TPSA) is 50.4 Å². The zero-order valence-electron chi connectivity index (χ0n) is 14.0. The number of anilines is 2. The van der Waals surface area contributed by atoms with Gasteiger partial charge in [0.15, 0.2) is 0 Å². The molecule has 2 aromatic rings. The van der Waals surface area contributed by atoms with Gasteiger partial charge in [0.25, 0.3) is 0 Å². The molecule has 2 aromatic carbocycles. The van der Waals surface area contributed by atoms with Gasteiger partial charge in [-0.1, -0.05) is 31.2 Å². The molecule has 0 saturated carbocycles. The number of hydrogen-bond acceptors (Lipinski definition) is 3. The summed E-state index contributed by atoms with van der Waals surface area (Å²) in [5.41, 5.74) is 4.15. The maximum absolute atomic E-state index is 12.2. The van der Waals surface area contributed by atoms with E-state index >= 15 is 0 Å². The molecule has 0 radical (unpaired) electrons. The number of amides is 1. The number of carbonyl (C=O) groups excluding carboxylic acids is 1. The van der Waals surface area contributed by atoms with E-state index in [1.165, 1.54) is 5.56 Å². The lowest BCUT2D eigenvalue weighted by molar-refractivity contribution is -0.115. The van der Waals surface area contributed by atoms with Gasteiger partial charge >= 0.3 is 0 Å². The van der Waals surface area contributed by atoms with Crippen LogP contribution in [0.2, 0.25) is 0 Å². The predicted molar refractivity (Wildman–Crippen MR) is 95.3 cm³/mol. The van der Waals surface area contributed by atoms with Gasteiger partial charge in [-0.15, -0.1) is 0 Å². The van der Waals surface area contributed by atoms with E-state index in [1.807, 2.05) is 43.3 Å². The van der Waals surface area contributed by atoms with Gasteiger partial charge in [0.05, 0.1) is 7.11 Å². The fourth-order valence-corrected chi connectivity index (χ4v) is 2.46. The van der Waals surface area contributed by atoms with Crippen LogP contribution in [0.5, 0.6) is 5.75 Å². The molecule has 0 unspecified atom stereocenters. The molecule has 0 fully saturated rings. The summed E-state index contributed by atoms with van der Waals surface area (Å²) < 4.78 is 5.18. The lowest BCUT2D eigenvalue weighted by atomic mass is 10.1. The van der Waals surface area contributed by atoms with Crippen LogP contribution in [0.15, 0.2) is 42.5 Å². The van der Waals surface area contributed by atoms with Gasteiger partial charge in [0.2, 0.25) is 5.91 Å². The quantitative estimate of drug-likeness (QED) is 0.812. The molecular weight excluding hydrogens is 288 g/mol. The molecule has 23 heavy (non-hydrogen) atoms. The molecule has 2 rings (SSSR count). The maximum atomic E-state index is 12.2. The molecule has 0 bridgehead atoms. The minimum Gasteiger partial charge on any atom is -0.497 e. The van der Waals surface area contributed by atoms with Crippen molar-refractivity contribution in [3.8, 4) is 5.75 Å². The van der Waals surface area contributed by atoms with E-state index in [1.54, 1.807) is 7.11 Å². The van der Waals surface area contributed by atoms with Gasteiger partial charge < -0.3 is 15.4 Å². The number of hydrogen-bond donors (Lipinski definition) is 2. The van der Waals surface area contributed by atoms with Crippen molar-refractivity contribution in [1.29, 1.82) is 0 Å². The summed E-state index contributed by atoms with van der Waals surface area (Å²) in [4.78, 5) is 12.2. The number of aryl methyl sites for hydroxylation is 2. The Morgan fingerprint density at radius 1 is 1.17 bits per heavy atom. The van der Waals surface area contributed by atoms with Gasteiger partial charge in [0, 0.05) is 30.4 Å². The molecule has 0 aliphatic carbocycles. The van der Waals surface area contributed by atoms with Gasteiger partial charge in [0.1, 0.15) is 5.75 Å². The average Bonchev–Trinajstić information content (AvgIpc) is 2.57. The van der Waals surface area contributed by atoms with Gasteiger partial charge in [-0.3, -0.25) is 4.79 Å². The Bertz CT molecular complexity index is 668. The first kappa shape index (κ1) is 16.9. The fraction of sp³-hybridized carbons (Fsp3) is 0.316. The third-order valence-electron chi connectivity index (χ3n) is 3.76. The lowest BCUT2D eigenvalue weighted by Gasteiger charge is -2.13. The van der Waals surface area contributed by atoms with Crippen LogP contribution >= 0.6 is 0 Å². The minimum atomic E-state index is 0.0180. The Hall–Kier alpha value is -2.49. The summed E-state index contributed by atoms with van der Waals surface area (Å²) in [6.07, 6.45) is 1.31. The number of nitrogens with one attached hydrogen (secondary N) is 2. The van der Waals surface area contributed by atoms with Crippen LogP contribution in [0.4, 0.5) is 11.4 Å². The highest BCUT2D eigenvalue weighted by molar-refractivity contribution is 5.92. The Labute approximate surface area is 137 Å². The van der Waals surface area contributed by atoms with Crippen LogP contribution in [-0.4, -0.2) is 19.6 Å². The van der Waals surface area contributed by atoms with E-state index in [4.69, 9.17) is 4.74 Å².